The molecule has 6 heteroatoms. The second-order valence-corrected chi connectivity index (χ2v) is 3.77. The standard InChI is InChI=1S/C11H10ClN3O2/c1-15-9(5-6-13-15)8-4-3-7(12)10(14-8)11(16)17-2/h3-6H,1-2H3. The lowest BCUT2D eigenvalue weighted by molar-refractivity contribution is 0.0594. The second kappa shape index (κ2) is 4.55. The Balaban J connectivity index is 2.52. The van der Waals surface area contributed by atoms with Crippen molar-refractivity contribution in [3.05, 3.63) is 35.1 Å². The molecule has 0 saturated carbocycles. The van der Waals surface area contributed by atoms with Crippen LogP contribution >= 0.6 is 11.6 Å². The van der Waals surface area contributed by atoms with Crippen LogP contribution < -0.4 is 0 Å². The number of nitrogens with zero attached hydrogens (tertiary/aromatic N) is 3. The molecule has 0 aromatic carbocycles. The summed E-state index contributed by atoms with van der Waals surface area (Å²) in [6.07, 6.45) is 1.66. The molecule has 0 N–H and O–H groups in total. The molecule has 2 aromatic rings. The van der Waals surface area contributed by atoms with Crippen molar-refractivity contribution in [2.24, 2.45) is 7.05 Å². The van der Waals surface area contributed by atoms with Crippen LogP contribution in [0, 0.1) is 0 Å². The number of pyridine rings is 1. The topological polar surface area (TPSA) is 57.0 Å². The zero-order valence-electron chi connectivity index (χ0n) is 9.35. The quantitative estimate of drug-likeness (QED) is 0.766. The number of methoxy groups -OCH3 is 1. The minimum atomic E-state index is -0.556. The molecule has 0 aliphatic heterocycles. The summed E-state index contributed by atoms with van der Waals surface area (Å²) in [6.45, 7) is 0. The van der Waals surface area contributed by atoms with Gasteiger partial charge in [-0.25, -0.2) is 9.78 Å². The zero-order valence-corrected chi connectivity index (χ0v) is 10.1. The molecule has 0 fully saturated rings. The van der Waals surface area contributed by atoms with Gasteiger partial charge in [0, 0.05) is 13.2 Å². The highest BCUT2D eigenvalue weighted by atomic mass is 35.5. The van der Waals surface area contributed by atoms with Gasteiger partial charge in [-0.15, -0.1) is 0 Å². The molecule has 0 aliphatic rings. The van der Waals surface area contributed by atoms with Crippen LogP contribution in [0.25, 0.3) is 11.4 Å². The molecule has 0 bridgehead atoms. The molecule has 2 rings (SSSR count). The highest BCUT2D eigenvalue weighted by Gasteiger charge is 2.15. The van der Waals surface area contributed by atoms with Gasteiger partial charge in [0.1, 0.15) is 0 Å². The number of halogens is 1. The lowest BCUT2D eigenvalue weighted by Gasteiger charge is -2.05. The van der Waals surface area contributed by atoms with Crippen LogP contribution in [0.15, 0.2) is 24.4 Å². The van der Waals surface area contributed by atoms with Gasteiger partial charge in [0.2, 0.25) is 0 Å². The molecule has 0 aliphatic carbocycles. The molecule has 2 heterocycles. The summed E-state index contributed by atoms with van der Waals surface area (Å²) in [7, 11) is 3.08. The zero-order chi connectivity index (χ0) is 12.4. The summed E-state index contributed by atoms with van der Waals surface area (Å²) in [5, 5.41) is 4.30. The fourth-order valence-electron chi connectivity index (χ4n) is 1.45. The Labute approximate surface area is 103 Å². The molecular formula is C11H10ClN3O2. The van der Waals surface area contributed by atoms with Crippen LogP contribution in [0.5, 0.6) is 0 Å². The maximum absolute atomic E-state index is 11.4. The molecule has 0 amide bonds. The van der Waals surface area contributed by atoms with Crippen LogP contribution in [0.4, 0.5) is 0 Å². The largest absolute Gasteiger partial charge is 0.464 e. The van der Waals surface area contributed by atoms with Gasteiger partial charge in [-0.1, -0.05) is 11.6 Å². The fraction of sp³-hybridized carbons (Fsp3) is 0.182. The molecular weight excluding hydrogens is 242 g/mol. The Hall–Kier alpha value is -1.88. The van der Waals surface area contributed by atoms with Crippen molar-refractivity contribution in [1.82, 2.24) is 14.8 Å². The van der Waals surface area contributed by atoms with Crippen LogP contribution in [0.2, 0.25) is 5.02 Å². The van der Waals surface area contributed by atoms with E-state index < -0.39 is 5.97 Å². The first-order chi connectivity index (χ1) is 8.13. The maximum Gasteiger partial charge on any atom is 0.358 e. The van der Waals surface area contributed by atoms with E-state index in [1.54, 1.807) is 36.1 Å². The van der Waals surface area contributed by atoms with E-state index in [1.807, 2.05) is 0 Å². The number of ether oxygens (including phenoxy) is 1. The molecule has 88 valence electrons. The van der Waals surface area contributed by atoms with Crippen molar-refractivity contribution in [1.29, 1.82) is 0 Å². The summed E-state index contributed by atoms with van der Waals surface area (Å²) >= 11 is 5.89. The molecule has 0 unspecified atom stereocenters. The van der Waals surface area contributed by atoms with Crippen LogP contribution in [-0.4, -0.2) is 27.8 Å². The Bertz CT molecular complexity index is 566. The monoisotopic (exact) mass is 251 g/mol. The van der Waals surface area contributed by atoms with Crippen molar-refractivity contribution in [3.8, 4) is 11.4 Å². The van der Waals surface area contributed by atoms with Crippen LogP contribution in [-0.2, 0) is 11.8 Å². The summed E-state index contributed by atoms with van der Waals surface area (Å²) < 4.78 is 6.28. The number of hydrogen-bond donors (Lipinski definition) is 0. The molecule has 0 saturated heterocycles. The van der Waals surface area contributed by atoms with E-state index in [2.05, 4.69) is 14.8 Å². The van der Waals surface area contributed by atoms with Crippen LogP contribution in [0.1, 0.15) is 10.5 Å². The van der Waals surface area contributed by atoms with Gasteiger partial charge in [0.05, 0.1) is 23.5 Å². The third kappa shape index (κ3) is 2.14. The van der Waals surface area contributed by atoms with Gasteiger partial charge in [0.15, 0.2) is 5.69 Å². The average Bonchev–Trinajstić information content (AvgIpc) is 2.75. The summed E-state index contributed by atoms with van der Waals surface area (Å²) in [4.78, 5) is 15.6. The van der Waals surface area contributed by atoms with Gasteiger partial charge in [-0.3, -0.25) is 4.68 Å². The Morgan fingerprint density at radius 2 is 2.18 bits per heavy atom. The SMILES string of the molecule is COC(=O)c1nc(-c2ccnn2C)ccc1Cl. The summed E-state index contributed by atoms with van der Waals surface area (Å²) in [5.41, 5.74) is 1.52. The Morgan fingerprint density at radius 3 is 2.76 bits per heavy atom. The van der Waals surface area contributed by atoms with Crippen molar-refractivity contribution in [2.45, 2.75) is 0 Å². The molecule has 0 radical (unpaired) electrons. The molecule has 0 spiro atoms. The third-order valence-corrected chi connectivity index (χ3v) is 2.61. The van der Waals surface area contributed by atoms with Crippen LogP contribution in [0.3, 0.4) is 0 Å². The van der Waals surface area contributed by atoms with Crippen molar-refractivity contribution >= 4 is 17.6 Å². The van der Waals surface area contributed by atoms with E-state index in [-0.39, 0.29) is 10.7 Å². The number of carbonyl (C=O) groups is 1. The number of rotatable bonds is 2. The molecule has 0 atom stereocenters. The lowest BCUT2D eigenvalue weighted by atomic mass is 10.2. The third-order valence-electron chi connectivity index (χ3n) is 2.31. The normalized spacial score (nSPS) is 10.3. The predicted molar refractivity (Wildman–Crippen MR) is 62.8 cm³/mol. The van der Waals surface area contributed by atoms with Crippen molar-refractivity contribution in [3.63, 3.8) is 0 Å². The van der Waals surface area contributed by atoms with E-state index >= 15 is 0 Å². The number of hydrogen-bond acceptors (Lipinski definition) is 4. The van der Waals surface area contributed by atoms with E-state index in [0.717, 1.165) is 5.69 Å². The first kappa shape index (κ1) is 11.6. The Morgan fingerprint density at radius 1 is 1.41 bits per heavy atom. The molecule has 5 nitrogen and oxygen atoms in total. The summed E-state index contributed by atoms with van der Waals surface area (Å²) in [6, 6.07) is 5.15. The van der Waals surface area contributed by atoms with Gasteiger partial charge < -0.3 is 4.74 Å². The number of aromatic nitrogens is 3. The number of esters is 1. The minimum absolute atomic E-state index is 0.105. The minimum Gasteiger partial charge on any atom is -0.464 e. The van der Waals surface area contributed by atoms with Gasteiger partial charge in [0.25, 0.3) is 0 Å². The number of aryl methyl sites for hydroxylation is 1. The molecule has 2 aromatic heterocycles. The average molecular weight is 252 g/mol. The second-order valence-electron chi connectivity index (χ2n) is 3.36. The number of carbonyl (C=O) groups excluding carboxylic acids is 1. The lowest BCUT2D eigenvalue weighted by Crippen LogP contribution is -2.06. The molecule has 17 heavy (non-hydrogen) atoms. The van der Waals surface area contributed by atoms with Gasteiger partial charge in [-0.2, -0.15) is 5.10 Å². The first-order valence-electron chi connectivity index (χ1n) is 4.86. The summed E-state index contributed by atoms with van der Waals surface area (Å²) in [5.74, 6) is -0.556. The smallest absolute Gasteiger partial charge is 0.358 e. The van der Waals surface area contributed by atoms with E-state index in [9.17, 15) is 4.79 Å². The van der Waals surface area contributed by atoms with Gasteiger partial charge >= 0.3 is 5.97 Å². The predicted octanol–water partition coefficient (Wildman–Crippen LogP) is 1.92. The first-order valence-corrected chi connectivity index (χ1v) is 5.24. The van der Waals surface area contributed by atoms with E-state index in [4.69, 9.17) is 11.6 Å². The van der Waals surface area contributed by atoms with Crippen molar-refractivity contribution < 1.29 is 9.53 Å². The highest BCUT2D eigenvalue weighted by Crippen LogP contribution is 2.21. The fourth-order valence-corrected chi connectivity index (χ4v) is 1.63. The Kier molecular flexibility index (Phi) is 3.10. The van der Waals surface area contributed by atoms with E-state index in [1.165, 1.54) is 7.11 Å². The maximum atomic E-state index is 11.4. The van der Waals surface area contributed by atoms with E-state index in [0.29, 0.717) is 5.69 Å². The highest BCUT2D eigenvalue weighted by molar-refractivity contribution is 6.33. The van der Waals surface area contributed by atoms with Gasteiger partial charge in [-0.05, 0) is 18.2 Å². The van der Waals surface area contributed by atoms with Crippen molar-refractivity contribution in [2.75, 3.05) is 7.11 Å².